The van der Waals surface area contributed by atoms with E-state index in [1.54, 1.807) is 11.0 Å². The molecule has 1 aromatic rings. The van der Waals surface area contributed by atoms with Gasteiger partial charge in [-0.1, -0.05) is 6.42 Å². The number of nitrogens with zero attached hydrogens (tertiary/aromatic N) is 1. The number of aliphatic carboxylic acids is 1. The van der Waals surface area contributed by atoms with Crippen molar-refractivity contribution < 1.29 is 23.1 Å². The molecule has 2 fully saturated rings. The summed E-state index contributed by atoms with van der Waals surface area (Å²) in [5.74, 6) is -0.796. The van der Waals surface area contributed by atoms with E-state index in [2.05, 4.69) is 10.0 Å². The van der Waals surface area contributed by atoms with Crippen molar-refractivity contribution in [3.63, 3.8) is 0 Å². The minimum Gasteiger partial charge on any atom is -0.481 e. The first kappa shape index (κ1) is 18.2. The molecule has 1 aliphatic carbocycles. The number of hydrogen-bond acceptors (Lipinski definition) is 5. The van der Waals surface area contributed by atoms with Gasteiger partial charge < -0.3 is 15.3 Å². The zero-order chi connectivity index (χ0) is 18.2. The van der Waals surface area contributed by atoms with Crippen molar-refractivity contribution in [2.45, 2.75) is 30.0 Å². The molecule has 1 saturated heterocycles. The summed E-state index contributed by atoms with van der Waals surface area (Å²) < 4.78 is 25.9. The third-order valence-electron chi connectivity index (χ3n) is 5.17. The quantitative estimate of drug-likeness (QED) is 0.698. The Morgan fingerprint density at radius 1 is 1.44 bits per heavy atom. The Kier molecular flexibility index (Phi) is 4.78. The topological polar surface area (TPSA) is 116 Å². The van der Waals surface area contributed by atoms with Gasteiger partial charge >= 0.3 is 12.0 Å². The van der Waals surface area contributed by atoms with Gasteiger partial charge in [-0.25, -0.2) is 17.9 Å². The van der Waals surface area contributed by atoms with Crippen LogP contribution in [-0.4, -0.2) is 50.6 Å². The summed E-state index contributed by atoms with van der Waals surface area (Å²) in [6, 6.07) is 2.85. The number of urea groups is 1. The van der Waals surface area contributed by atoms with Crippen molar-refractivity contribution in [1.29, 1.82) is 0 Å². The van der Waals surface area contributed by atoms with Crippen LogP contribution in [0.5, 0.6) is 0 Å². The Morgan fingerprint density at radius 3 is 2.84 bits per heavy atom. The lowest BCUT2D eigenvalue weighted by molar-refractivity contribution is -0.149. The van der Waals surface area contributed by atoms with E-state index in [0.29, 0.717) is 13.0 Å². The van der Waals surface area contributed by atoms with Gasteiger partial charge in [0, 0.05) is 18.0 Å². The number of sulfonamides is 1. The summed E-state index contributed by atoms with van der Waals surface area (Å²) in [4.78, 5) is 26.3. The number of amides is 2. The molecule has 0 radical (unpaired) electrons. The minimum absolute atomic E-state index is 0.0184. The Bertz CT molecular complexity index is 791. The maximum Gasteiger partial charge on any atom is 0.317 e. The number of carbonyl (C=O) groups is 2. The smallest absolute Gasteiger partial charge is 0.317 e. The van der Waals surface area contributed by atoms with Gasteiger partial charge in [-0.3, -0.25) is 4.79 Å². The van der Waals surface area contributed by atoms with Gasteiger partial charge in [-0.05, 0) is 37.9 Å². The molecule has 0 unspecified atom stereocenters. The first-order valence-corrected chi connectivity index (χ1v) is 10.4. The molecule has 0 bridgehead atoms. The minimum atomic E-state index is -3.48. The molecule has 1 aliphatic heterocycles. The zero-order valence-electron chi connectivity index (χ0n) is 13.8. The third kappa shape index (κ3) is 3.25. The average Bonchev–Trinajstić information content (AvgIpc) is 3.26. The Hall–Kier alpha value is -1.65. The number of hydrogen-bond donors (Lipinski definition) is 3. The van der Waals surface area contributed by atoms with Gasteiger partial charge in [-0.2, -0.15) is 0 Å². The van der Waals surface area contributed by atoms with E-state index in [1.165, 1.54) is 13.1 Å². The molecule has 2 atom stereocenters. The normalized spacial score (nSPS) is 25.8. The van der Waals surface area contributed by atoms with Crippen LogP contribution in [0.1, 0.15) is 24.1 Å². The number of nitrogens with one attached hydrogen (secondary N) is 2. The molecule has 0 spiro atoms. The summed E-state index contributed by atoms with van der Waals surface area (Å²) in [7, 11) is -2.13. The number of likely N-dealkylation sites (tertiary alicyclic amines) is 1. The van der Waals surface area contributed by atoms with Crippen molar-refractivity contribution in [1.82, 2.24) is 14.9 Å². The van der Waals surface area contributed by atoms with E-state index >= 15 is 0 Å². The fourth-order valence-corrected chi connectivity index (χ4v) is 5.90. The lowest BCUT2D eigenvalue weighted by Crippen LogP contribution is -2.41. The number of carboxylic acids is 1. The molecule has 8 nitrogen and oxygen atoms in total. The lowest BCUT2D eigenvalue weighted by atomic mass is 9.81. The first-order valence-electron chi connectivity index (χ1n) is 8.07. The lowest BCUT2D eigenvalue weighted by Gasteiger charge is -2.23. The monoisotopic (exact) mass is 387 g/mol. The van der Waals surface area contributed by atoms with Crippen molar-refractivity contribution in [3.8, 4) is 0 Å². The first-order chi connectivity index (χ1) is 11.8. The predicted octanol–water partition coefficient (Wildman–Crippen LogP) is 1.05. The average molecular weight is 387 g/mol. The van der Waals surface area contributed by atoms with Gasteiger partial charge in [0.25, 0.3) is 0 Å². The van der Waals surface area contributed by atoms with E-state index in [4.69, 9.17) is 0 Å². The summed E-state index contributed by atoms with van der Waals surface area (Å²) in [6.07, 6.45) is 2.35. The number of rotatable bonds is 5. The highest BCUT2D eigenvalue weighted by Gasteiger charge is 2.55. The van der Waals surface area contributed by atoms with Gasteiger partial charge in [-0.15, -0.1) is 11.3 Å². The van der Waals surface area contributed by atoms with Crippen molar-refractivity contribution in [2.75, 3.05) is 20.1 Å². The molecule has 1 aromatic heterocycles. The van der Waals surface area contributed by atoms with E-state index < -0.39 is 21.4 Å². The SMILES string of the molecule is CNS(=O)(=O)c1ccc(CNC(=O)N2C[C@@H]3CCC[C@@]3(C(=O)O)C2)s1. The zero-order valence-corrected chi connectivity index (χ0v) is 15.5. The molecule has 3 rings (SSSR count). The second kappa shape index (κ2) is 6.58. The molecule has 3 N–H and O–H groups in total. The van der Waals surface area contributed by atoms with Gasteiger partial charge in [0.1, 0.15) is 4.21 Å². The van der Waals surface area contributed by atoms with Crippen LogP contribution in [0.25, 0.3) is 0 Å². The van der Waals surface area contributed by atoms with E-state index in [1.807, 2.05) is 0 Å². The standard InChI is InChI=1S/C15H21N3O5S2/c1-16-25(22,23)12-5-4-11(24-12)7-17-14(21)18-8-10-3-2-6-15(10,9-18)13(19)20/h4-5,10,16H,2-3,6-9H2,1H3,(H,17,21)(H,19,20)/t10-,15+/m0/s1. The Labute approximate surface area is 150 Å². The fourth-order valence-electron chi connectivity index (χ4n) is 3.77. The highest BCUT2D eigenvalue weighted by molar-refractivity contribution is 7.91. The van der Waals surface area contributed by atoms with Crippen LogP contribution in [0.2, 0.25) is 0 Å². The molecular weight excluding hydrogens is 366 g/mol. The fraction of sp³-hybridized carbons (Fsp3) is 0.600. The molecule has 2 amide bonds. The van der Waals surface area contributed by atoms with Crippen LogP contribution in [-0.2, 0) is 21.4 Å². The third-order valence-corrected chi connectivity index (χ3v) is 8.16. The summed E-state index contributed by atoms with van der Waals surface area (Å²) in [5, 5.41) is 12.3. The summed E-state index contributed by atoms with van der Waals surface area (Å²) in [6.45, 7) is 0.911. The Balaban J connectivity index is 1.60. The van der Waals surface area contributed by atoms with Crippen LogP contribution >= 0.6 is 11.3 Å². The second-order valence-electron chi connectivity index (χ2n) is 6.52. The maximum absolute atomic E-state index is 12.4. The molecule has 2 aliphatic rings. The van der Waals surface area contributed by atoms with Crippen LogP contribution in [0, 0.1) is 11.3 Å². The van der Waals surface area contributed by atoms with Crippen molar-refractivity contribution >= 4 is 33.4 Å². The molecular formula is C15H21N3O5S2. The van der Waals surface area contributed by atoms with Crippen LogP contribution < -0.4 is 10.0 Å². The second-order valence-corrected chi connectivity index (χ2v) is 9.80. The molecule has 10 heteroatoms. The van der Waals surface area contributed by atoms with Crippen LogP contribution in [0.4, 0.5) is 4.79 Å². The molecule has 1 saturated carbocycles. The number of thiophene rings is 1. The predicted molar refractivity (Wildman–Crippen MR) is 91.8 cm³/mol. The van der Waals surface area contributed by atoms with Crippen LogP contribution in [0.15, 0.2) is 16.3 Å². The van der Waals surface area contributed by atoms with E-state index in [9.17, 15) is 23.1 Å². The van der Waals surface area contributed by atoms with Crippen molar-refractivity contribution in [3.05, 3.63) is 17.0 Å². The van der Waals surface area contributed by atoms with Gasteiger partial charge in [0.05, 0.1) is 12.0 Å². The Morgan fingerprint density at radius 2 is 2.20 bits per heavy atom. The van der Waals surface area contributed by atoms with Gasteiger partial charge in [0.2, 0.25) is 10.0 Å². The highest BCUT2D eigenvalue weighted by atomic mass is 32.2. The van der Waals surface area contributed by atoms with E-state index in [-0.39, 0.29) is 29.2 Å². The van der Waals surface area contributed by atoms with E-state index in [0.717, 1.165) is 29.1 Å². The van der Waals surface area contributed by atoms with Crippen molar-refractivity contribution in [2.24, 2.45) is 11.3 Å². The summed E-state index contributed by atoms with van der Waals surface area (Å²) >= 11 is 1.09. The highest BCUT2D eigenvalue weighted by Crippen LogP contribution is 2.48. The molecule has 0 aromatic carbocycles. The number of carbonyl (C=O) groups excluding carboxylic acids is 1. The molecule has 25 heavy (non-hydrogen) atoms. The largest absolute Gasteiger partial charge is 0.481 e. The number of fused-ring (bicyclic) bond motifs is 1. The summed E-state index contributed by atoms with van der Waals surface area (Å²) in [5.41, 5.74) is -0.797. The molecule has 2 heterocycles. The molecule has 138 valence electrons. The van der Waals surface area contributed by atoms with Crippen LogP contribution in [0.3, 0.4) is 0 Å². The maximum atomic E-state index is 12.4. The van der Waals surface area contributed by atoms with Gasteiger partial charge in [0.15, 0.2) is 0 Å². The number of carboxylic acid groups (broad SMARTS) is 1.